The summed E-state index contributed by atoms with van der Waals surface area (Å²) in [5, 5.41) is 10.7. The Hall–Kier alpha value is -3.67. The standard InChI is InChI=1S/C20H15N3O3/c1-12-6-2-5-9-17(12)23-19(25)15(18(24)22-20(23)26)10-13-11-21-16-8-4-3-7-14(13)16/h2-11,25H,1H3,(H,22,24,26)/b13-10-. The molecule has 1 aromatic heterocycles. The van der Waals surface area contributed by atoms with Crippen LogP contribution >= 0.6 is 0 Å². The Morgan fingerprint density at radius 3 is 2.62 bits per heavy atom. The maximum absolute atomic E-state index is 12.3. The van der Waals surface area contributed by atoms with E-state index in [2.05, 4.69) is 9.98 Å². The molecule has 1 aliphatic rings. The molecule has 2 N–H and O–H groups in total. The number of allylic oxidation sites excluding steroid dienone is 1. The van der Waals surface area contributed by atoms with Crippen LogP contribution in [-0.2, 0) is 0 Å². The number of nitrogens with one attached hydrogen (secondary N) is 1. The monoisotopic (exact) mass is 345 g/mol. The van der Waals surface area contributed by atoms with E-state index in [1.807, 2.05) is 43.3 Å². The van der Waals surface area contributed by atoms with Crippen molar-refractivity contribution < 1.29 is 5.11 Å². The number of fused-ring (bicyclic) bond motifs is 1. The Bertz CT molecular complexity index is 1200. The number of benzene rings is 2. The van der Waals surface area contributed by atoms with Gasteiger partial charge in [-0.15, -0.1) is 0 Å². The molecule has 6 nitrogen and oxygen atoms in total. The molecule has 0 unspecified atom stereocenters. The van der Waals surface area contributed by atoms with Gasteiger partial charge >= 0.3 is 5.69 Å². The van der Waals surface area contributed by atoms with Gasteiger partial charge in [0.2, 0.25) is 5.88 Å². The number of hydrogen-bond donors (Lipinski definition) is 2. The van der Waals surface area contributed by atoms with Crippen LogP contribution in [0.3, 0.4) is 0 Å². The largest absolute Gasteiger partial charge is 0.494 e. The number of aromatic amines is 1. The highest BCUT2D eigenvalue weighted by Gasteiger charge is 2.18. The third kappa shape index (κ3) is 2.48. The Kier molecular flexibility index (Phi) is 3.65. The maximum atomic E-state index is 12.3. The van der Waals surface area contributed by atoms with Crippen LogP contribution in [0.25, 0.3) is 17.3 Å². The molecule has 0 spiro atoms. The van der Waals surface area contributed by atoms with E-state index in [0.717, 1.165) is 21.4 Å². The molecule has 0 saturated heterocycles. The molecule has 6 heteroatoms. The molecule has 0 radical (unpaired) electrons. The highest BCUT2D eigenvalue weighted by atomic mass is 16.3. The average Bonchev–Trinajstić information content (AvgIpc) is 3.03. The molecule has 0 aliphatic carbocycles. The first kappa shape index (κ1) is 15.8. The minimum Gasteiger partial charge on any atom is -0.494 e. The Morgan fingerprint density at radius 1 is 1.08 bits per heavy atom. The summed E-state index contributed by atoms with van der Waals surface area (Å²) in [7, 11) is 0. The third-order valence-electron chi connectivity index (χ3n) is 4.33. The lowest BCUT2D eigenvalue weighted by atomic mass is 10.1. The Morgan fingerprint density at radius 2 is 1.81 bits per heavy atom. The van der Waals surface area contributed by atoms with Crippen molar-refractivity contribution in [3.63, 3.8) is 0 Å². The van der Waals surface area contributed by atoms with Crippen molar-refractivity contribution in [2.24, 2.45) is 4.99 Å². The maximum Gasteiger partial charge on any atom is 0.335 e. The van der Waals surface area contributed by atoms with Gasteiger partial charge in [-0.1, -0.05) is 36.4 Å². The number of aromatic nitrogens is 2. The SMILES string of the molecule is Cc1ccccc1-n1c(O)c(/C=C2/C=Nc3ccccc32)c(=O)[nH]c1=O. The first-order valence-electron chi connectivity index (χ1n) is 8.06. The van der Waals surface area contributed by atoms with Crippen LogP contribution in [0.5, 0.6) is 5.88 Å². The zero-order valence-corrected chi connectivity index (χ0v) is 13.9. The van der Waals surface area contributed by atoms with E-state index in [9.17, 15) is 14.7 Å². The van der Waals surface area contributed by atoms with Gasteiger partial charge in [-0.25, -0.2) is 9.36 Å². The summed E-state index contributed by atoms with van der Waals surface area (Å²) >= 11 is 0. The van der Waals surface area contributed by atoms with Crippen LogP contribution in [0.1, 0.15) is 16.7 Å². The van der Waals surface area contributed by atoms with Gasteiger partial charge in [0.15, 0.2) is 0 Å². The molecule has 0 amide bonds. The molecule has 0 fully saturated rings. The molecule has 0 atom stereocenters. The minimum atomic E-state index is -0.690. The van der Waals surface area contributed by atoms with Gasteiger partial charge in [0.05, 0.1) is 11.4 Å². The number of aryl methyl sites for hydroxylation is 1. The highest BCUT2D eigenvalue weighted by molar-refractivity contribution is 6.21. The smallest absolute Gasteiger partial charge is 0.335 e. The van der Waals surface area contributed by atoms with Gasteiger partial charge in [0, 0.05) is 17.4 Å². The lowest BCUT2D eigenvalue weighted by molar-refractivity contribution is 0.429. The summed E-state index contributed by atoms with van der Waals surface area (Å²) in [5.41, 5.74) is 2.31. The predicted octanol–water partition coefficient (Wildman–Crippen LogP) is 2.80. The second kappa shape index (κ2) is 6.00. The predicted molar refractivity (Wildman–Crippen MR) is 102 cm³/mol. The summed E-state index contributed by atoms with van der Waals surface area (Å²) in [6.07, 6.45) is 3.17. The van der Waals surface area contributed by atoms with E-state index in [1.54, 1.807) is 18.3 Å². The van der Waals surface area contributed by atoms with Gasteiger partial charge in [-0.05, 0) is 30.7 Å². The van der Waals surface area contributed by atoms with Crippen molar-refractivity contribution in [3.05, 3.63) is 86.1 Å². The van der Waals surface area contributed by atoms with Crippen molar-refractivity contribution in [1.29, 1.82) is 0 Å². The lowest BCUT2D eigenvalue weighted by Gasteiger charge is -2.12. The molecule has 2 heterocycles. The second-order valence-corrected chi connectivity index (χ2v) is 5.99. The van der Waals surface area contributed by atoms with E-state index in [1.165, 1.54) is 6.08 Å². The molecule has 4 rings (SSSR count). The van der Waals surface area contributed by atoms with Gasteiger partial charge in [-0.2, -0.15) is 0 Å². The first-order valence-corrected chi connectivity index (χ1v) is 8.06. The average molecular weight is 345 g/mol. The summed E-state index contributed by atoms with van der Waals surface area (Å²) in [4.78, 5) is 31.2. The fourth-order valence-electron chi connectivity index (χ4n) is 3.02. The van der Waals surface area contributed by atoms with Crippen molar-refractivity contribution in [3.8, 4) is 11.6 Å². The van der Waals surface area contributed by atoms with Crippen molar-refractivity contribution in [2.75, 3.05) is 0 Å². The lowest BCUT2D eigenvalue weighted by Crippen LogP contribution is -2.30. The van der Waals surface area contributed by atoms with Crippen LogP contribution in [-0.4, -0.2) is 20.9 Å². The van der Waals surface area contributed by atoms with Crippen LogP contribution in [0.4, 0.5) is 5.69 Å². The van der Waals surface area contributed by atoms with Gasteiger partial charge in [0.25, 0.3) is 5.56 Å². The molecule has 0 saturated carbocycles. The molecule has 2 aromatic carbocycles. The Labute approximate surface area is 148 Å². The number of aromatic hydroxyl groups is 1. The summed E-state index contributed by atoms with van der Waals surface area (Å²) in [5.74, 6) is -0.404. The summed E-state index contributed by atoms with van der Waals surface area (Å²) in [6.45, 7) is 1.82. The first-order chi connectivity index (χ1) is 12.6. The fraction of sp³-hybridized carbons (Fsp3) is 0.0500. The number of nitrogens with zero attached hydrogens (tertiary/aromatic N) is 2. The molecular formula is C20H15N3O3. The number of para-hydroxylation sites is 2. The topological polar surface area (TPSA) is 87.4 Å². The Balaban J connectivity index is 1.95. The van der Waals surface area contributed by atoms with Gasteiger partial charge in [-0.3, -0.25) is 14.8 Å². The molecule has 128 valence electrons. The third-order valence-corrected chi connectivity index (χ3v) is 4.33. The summed E-state index contributed by atoms with van der Waals surface area (Å²) in [6, 6.07) is 14.6. The molecular weight excluding hydrogens is 330 g/mol. The van der Waals surface area contributed by atoms with Crippen LogP contribution < -0.4 is 11.2 Å². The van der Waals surface area contributed by atoms with Crippen molar-refractivity contribution in [2.45, 2.75) is 6.92 Å². The van der Waals surface area contributed by atoms with E-state index in [4.69, 9.17) is 0 Å². The normalized spacial score (nSPS) is 14.0. The second-order valence-electron chi connectivity index (χ2n) is 5.99. The molecule has 0 bridgehead atoms. The van der Waals surface area contributed by atoms with E-state index in [0.29, 0.717) is 11.3 Å². The van der Waals surface area contributed by atoms with Gasteiger partial charge in [0.1, 0.15) is 5.56 Å². The molecule has 1 aliphatic heterocycles. The number of hydrogen-bond acceptors (Lipinski definition) is 4. The van der Waals surface area contributed by atoms with Crippen LogP contribution in [0.15, 0.2) is 63.1 Å². The number of aliphatic imine (C=N–C) groups is 1. The van der Waals surface area contributed by atoms with Crippen LogP contribution in [0, 0.1) is 6.92 Å². The van der Waals surface area contributed by atoms with Gasteiger partial charge < -0.3 is 5.11 Å². The highest BCUT2D eigenvalue weighted by Crippen LogP contribution is 2.32. The summed E-state index contributed by atoms with van der Waals surface area (Å²) < 4.78 is 1.10. The number of rotatable bonds is 2. The van der Waals surface area contributed by atoms with E-state index in [-0.39, 0.29) is 5.56 Å². The van der Waals surface area contributed by atoms with Crippen LogP contribution in [0.2, 0.25) is 0 Å². The van der Waals surface area contributed by atoms with E-state index >= 15 is 0 Å². The molecule has 26 heavy (non-hydrogen) atoms. The van der Waals surface area contributed by atoms with Crippen molar-refractivity contribution >= 4 is 23.6 Å². The zero-order valence-electron chi connectivity index (χ0n) is 13.9. The van der Waals surface area contributed by atoms with Crippen molar-refractivity contribution in [1.82, 2.24) is 9.55 Å². The fourth-order valence-corrected chi connectivity index (χ4v) is 3.02. The van der Waals surface area contributed by atoms with E-state index < -0.39 is 17.1 Å². The minimum absolute atomic E-state index is 0.00556. The quantitative estimate of drug-likeness (QED) is 0.749. The molecule has 3 aromatic rings. The zero-order chi connectivity index (χ0) is 18.3. The number of H-pyrrole nitrogens is 1.